The molecule has 1 N–H and O–H groups in total. The van der Waals surface area contributed by atoms with Crippen molar-refractivity contribution < 1.29 is 4.79 Å². The summed E-state index contributed by atoms with van der Waals surface area (Å²) in [6.45, 7) is 5.75. The molecule has 4 heteroatoms. The zero-order valence-corrected chi connectivity index (χ0v) is 8.80. The second kappa shape index (κ2) is 4.37. The van der Waals surface area contributed by atoms with Crippen LogP contribution >= 0.6 is 22.6 Å². The summed E-state index contributed by atoms with van der Waals surface area (Å²) in [6, 6.07) is 0.527. The molecule has 1 aliphatic rings. The number of nitrogens with zero attached hydrogens (tertiary/aromatic N) is 1. The summed E-state index contributed by atoms with van der Waals surface area (Å²) in [5.41, 5.74) is 0. The first-order valence-corrected chi connectivity index (χ1v) is 4.90. The van der Waals surface area contributed by atoms with Crippen molar-refractivity contribution in [3.63, 3.8) is 0 Å². The predicted octanol–water partition coefficient (Wildman–Crippen LogP) is 0.242. The summed E-state index contributed by atoms with van der Waals surface area (Å²) in [5, 5.41) is 3.33. The van der Waals surface area contributed by atoms with E-state index in [9.17, 15) is 4.79 Å². The quantitative estimate of drug-likeness (QED) is 0.575. The van der Waals surface area contributed by atoms with Gasteiger partial charge in [0, 0.05) is 48.3 Å². The van der Waals surface area contributed by atoms with Gasteiger partial charge < -0.3 is 5.32 Å². The number of carbonyl (C=O) groups excluding carboxylic acids is 1. The second-order valence-electron chi connectivity index (χ2n) is 2.95. The Balaban J connectivity index is 2.28. The van der Waals surface area contributed by atoms with Crippen molar-refractivity contribution in [3.8, 4) is 0 Å². The van der Waals surface area contributed by atoms with Crippen LogP contribution in [-0.2, 0) is 4.79 Å². The molecule has 0 amide bonds. The van der Waals surface area contributed by atoms with Crippen molar-refractivity contribution in [1.29, 1.82) is 0 Å². The van der Waals surface area contributed by atoms with E-state index in [0.29, 0.717) is 12.6 Å². The van der Waals surface area contributed by atoms with Crippen LogP contribution in [0.3, 0.4) is 0 Å². The number of hydrogen-bond acceptors (Lipinski definition) is 3. The SMILES string of the molecule is C[C@@H]1CN(CC(=O)I)CCN1. The molecule has 0 saturated carbocycles. The smallest absolute Gasteiger partial charge is 0.206 e. The third-order valence-electron chi connectivity index (χ3n) is 1.80. The number of rotatable bonds is 2. The minimum Gasteiger partial charge on any atom is -0.312 e. The Hall–Kier alpha value is 0.320. The fourth-order valence-corrected chi connectivity index (χ4v) is 1.81. The molecule has 0 bridgehead atoms. The Bertz CT molecular complexity index is 151. The van der Waals surface area contributed by atoms with E-state index in [1.165, 1.54) is 0 Å². The van der Waals surface area contributed by atoms with E-state index in [0.717, 1.165) is 19.6 Å². The zero-order valence-electron chi connectivity index (χ0n) is 6.64. The Morgan fingerprint density at radius 2 is 2.55 bits per heavy atom. The van der Waals surface area contributed by atoms with Gasteiger partial charge in [0.05, 0.1) is 6.54 Å². The average Bonchev–Trinajstić information content (AvgIpc) is 1.85. The molecule has 0 aromatic carbocycles. The summed E-state index contributed by atoms with van der Waals surface area (Å²) in [7, 11) is 0. The van der Waals surface area contributed by atoms with E-state index < -0.39 is 0 Å². The van der Waals surface area contributed by atoms with Gasteiger partial charge in [-0.15, -0.1) is 0 Å². The first kappa shape index (κ1) is 9.41. The molecule has 1 heterocycles. The average molecular weight is 268 g/mol. The lowest BCUT2D eigenvalue weighted by molar-refractivity contribution is -0.110. The molecule has 0 aliphatic carbocycles. The van der Waals surface area contributed by atoms with Crippen LogP contribution in [0.2, 0.25) is 0 Å². The van der Waals surface area contributed by atoms with Gasteiger partial charge in [-0.05, 0) is 6.92 Å². The molecule has 0 spiro atoms. The van der Waals surface area contributed by atoms with Crippen molar-refractivity contribution >= 4 is 26.4 Å². The summed E-state index contributed by atoms with van der Waals surface area (Å²) in [5.74, 6) is 0. The lowest BCUT2D eigenvalue weighted by atomic mass is 10.2. The molecule has 1 rings (SSSR count). The first-order chi connectivity index (χ1) is 5.18. The van der Waals surface area contributed by atoms with Gasteiger partial charge in [-0.2, -0.15) is 0 Å². The van der Waals surface area contributed by atoms with Gasteiger partial charge in [-0.25, -0.2) is 0 Å². The molecule has 0 radical (unpaired) electrons. The minimum atomic E-state index is 0.233. The monoisotopic (exact) mass is 268 g/mol. The fraction of sp³-hybridized carbons (Fsp3) is 0.857. The summed E-state index contributed by atoms with van der Waals surface area (Å²) >= 11 is 1.85. The maximum atomic E-state index is 10.7. The van der Waals surface area contributed by atoms with Gasteiger partial charge in [0.2, 0.25) is 3.79 Å². The minimum absolute atomic E-state index is 0.233. The van der Waals surface area contributed by atoms with Crippen LogP contribution in [0.5, 0.6) is 0 Å². The van der Waals surface area contributed by atoms with Gasteiger partial charge >= 0.3 is 0 Å². The lowest BCUT2D eigenvalue weighted by Gasteiger charge is -2.30. The van der Waals surface area contributed by atoms with E-state index >= 15 is 0 Å². The zero-order chi connectivity index (χ0) is 8.27. The molecule has 0 aromatic rings. The number of hydrogen-bond donors (Lipinski definition) is 1. The molecule has 64 valence electrons. The highest BCUT2D eigenvalue weighted by Crippen LogP contribution is 1.99. The predicted molar refractivity (Wildman–Crippen MR) is 52.9 cm³/mol. The summed E-state index contributed by atoms with van der Waals surface area (Å²) < 4.78 is 0.233. The van der Waals surface area contributed by atoms with Gasteiger partial charge in [0.1, 0.15) is 0 Å². The van der Waals surface area contributed by atoms with Crippen LogP contribution in [0, 0.1) is 0 Å². The van der Waals surface area contributed by atoms with Crippen molar-refractivity contribution in [2.75, 3.05) is 26.2 Å². The van der Waals surface area contributed by atoms with Crippen molar-refractivity contribution in [2.45, 2.75) is 13.0 Å². The third-order valence-corrected chi connectivity index (χ3v) is 2.14. The van der Waals surface area contributed by atoms with Crippen molar-refractivity contribution in [1.82, 2.24) is 10.2 Å². The van der Waals surface area contributed by atoms with E-state index in [-0.39, 0.29) is 3.79 Å². The van der Waals surface area contributed by atoms with Crippen LogP contribution in [0.25, 0.3) is 0 Å². The number of piperazine rings is 1. The molecule has 0 unspecified atom stereocenters. The Kier molecular flexibility index (Phi) is 3.74. The van der Waals surface area contributed by atoms with Crippen LogP contribution in [0.1, 0.15) is 6.92 Å². The van der Waals surface area contributed by atoms with Crippen LogP contribution in [-0.4, -0.2) is 40.9 Å². The first-order valence-electron chi connectivity index (χ1n) is 3.82. The molecule has 1 atom stereocenters. The standard InChI is InChI=1S/C7H13IN2O/c1-6-4-10(3-2-9-6)5-7(8)11/h6,9H,2-5H2,1H3/t6-/m1/s1. The van der Waals surface area contributed by atoms with E-state index in [1.807, 2.05) is 22.6 Å². The third kappa shape index (κ3) is 3.48. The fourth-order valence-electron chi connectivity index (χ4n) is 1.33. The van der Waals surface area contributed by atoms with Gasteiger partial charge in [0.25, 0.3) is 0 Å². The van der Waals surface area contributed by atoms with Gasteiger partial charge in [0.15, 0.2) is 0 Å². The summed E-state index contributed by atoms with van der Waals surface area (Å²) in [4.78, 5) is 12.9. The van der Waals surface area contributed by atoms with Crippen LogP contribution in [0.15, 0.2) is 0 Å². The molecule has 1 aliphatic heterocycles. The highest BCUT2D eigenvalue weighted by Gasteiger charge is 2.16. The highest BCUT2D eigenvalue weighted by atomic mass is 127. The largest absolute Gasteiger partial charge is 0.312 e. The molecule has 1 fully saturated rings. The number of nitrogens with one attached hydrogen (secondary N) is 1. The van der Waals surface area contributed by atoms with E-state index in [1.54, 1.807) is 0 Å². The molecule has 3 nitrogen and oxygen atoms in total. The molecule has 0 aromatic heterocycles. The molecule has 1 saturated heterocycles. The molecular formula is C7H13IN2O. The maximum Gasteiger partial charge on any atom is 0.206 e. The normalized spacial score (nSPS) is 26.9. The van der Waals surface area contributed by atoms with Crippen molar-refractivity contribution in [3.05, 3.63) is 0 Å². The number of halogens is 1. The van der Waals surface area contributed by atoms with Crippen molar-refractivity contribution in [2.24, 2.45) is 0 Å². The van der Waals surface area contributed by atoms with Crippen LogP contribution < -0.4 is 5.32 Å². The number of carbonyl (C=O) groups is 1. The topological polar surface area (TPSA) is 32.3 Å². The van der Waals surface area contributed by atoms with E-state index in [2.05, 4.69) is 17.1 Å². The lowest BCUT2D eigenvalue weighted by Crippen LogP contribution is -2.50. The van der Waals surface area contributed by atoms with Crippen LogP contribution in [0.4, 0.5) is 0 Å². The summed E-state index contributed by atoms with van der Waals surface area (Å²) in [6.07, 6.45) is 0. The van der Waals surface area contributed by atoms with Gasteiger partial charge in [-0.3, -0.25) is 9.69 Å². The maximum absolute atomic E-state index is 10.7. The van der Waals surface area contributed by atoms with E-state index in [4.69, 9.17) is 0 Å². The van der Waals surface area contributed by atoms with Gasteiger partial charge in [-0.1, -0.05) is 0 Å². The molecular weight excluding hydrogens is 255 g/mol. The second-order valence-corrected chi connectivity index (χ2v) is 4.15. The Morgan fingerprint density at radius 1 is 1.82 bits per heavy atom. The Labute approximate surface area is 80.7 Å². The molecule has 11 heavy (non-hydrogen) atoms. The highest BCUT2D eigenvalue weighted by molar-refractivity contribution is 14.1. The Morgan fingerprint density at radius 3 is 3.09 bits per heavy atom.